The average molecular weight is 494 g/mol. The summed E-state index contributed by atoms with van der Waals surface area (Å²) in [6.07, 6.45) is 1.84. The van der Waals surface area contributed by atoms with Crippen LogP contribution in [0.15, 0.2) is 30.3 Å². The van der Waals surface area contributed by atoms with Crippen molar-refractivity contribution in [2.45, 2.75) is 42.1 Å². The standard InChI is InChI=1S/C21H27N5O5S2/c1-21(2)16(20(30)31)26-18(29)15(19(26)33-21)25-17(28)14(11-7-5-4-6-8-11)24-13(27)9-23-12(22)10-32-3/h4-8,14-16,19H,9-10H2,1-3H3,(H2,22,23)(H,24,27)(H,25,28)(H,30,31)/t14?,15?,16-,19+/m0/s1. The number of amidine groups is 1. The lowest BCUT2D eigenvalue weighted by Gasteiger charge is -2.44. The fraction of sp³-hybridized carbons (Fsp3) is 0.476. The lowest BCUT2D eigenvalue weighted by molar-refractivity contribution is -0.161. The Labute approximate surface area is 200 Å². The molecular formula is C21H27N5O5S2. The van der Waals surface area contributed by atoms with Crippen molar-refractivity contribution in [2.75, 3.05) is 18.6 Å². The van der Waals surface area contributed by atoms with Gasteiger partial charge >= 0.3 is 5.97 Å². The van der Waals surface area contributed by atoms with Gasteiger partial charge in [-0.15, -0.1) is 11.8 Å². The highest BCUT2D eigenvalue weighted by Crippen LogP contribution is 2.50. The second-order valence-electron chi connectivity index (χ2n) is 8.26. The van der Waals surface area contributed by atoms with Gasteiger partial charge in [0, 0.05) is 4.75 Å². The molecule has 2 unspecified atom stereocenters. The van der Waals surface area contributed by atoms with Crippen LogP contribution in [0.25, 0.3) is 0 Å². The molecule has 178 valence electrons. The number of β-lactam (4-membered cyclic amide) rings is 1. The predicted molar refractivity (Wildman–Crippen MR) is 127 cm³/mol. The van der Waals surface area contributed by atoms with Crippen molar-refractivity contribution in [3.8, 4) is 0 Å². The number of amides is 3. The van der Waals surface area contributed by atoms with E-state index in [0.29, 0.717) is 11.3 Å². The van der Waals surface area contributed by atoms with Gasteiger partial charge < -0.3 is 26.0 Å². The van der Waals surface area contributed by atoms with Gasteiger partial charge in [0.25, 0.3) is 0 Å². The van der Waals surface area contributed by atoms with Gasteiger partial charge in [-0.25, -0.2) is 4.79 Å². The van der Waals surface area contributed by atoms with Crippen LogP contribution in [-0.2, 0) is 19.2 Å². The number of carboxylic acid groups (broad SMARTS) is 1. The van der Waals surface area contributed by atoms with Crippen molar-refractivity contribution in [1.82, 2.24) is 20.9 Å². The van der Waals surface area contributed by atoms with Gasteiger partial charge in [-0.05, 0) is 25.7 Å². The Morgan fingerprint density at radius 1 is 1.27 bits per heavy atom. The third-order valence-electron chi connectivity index (χ3n) is 5.42. The van der Waals surface area contributed by atoms with Crippen LogP contribution in [-0.4, -0.2) is 80.3 Å². The highest BCUT2D eigenvalue weighted by molar-refractivity contribution is 8.01. The van der Waals surface area contributed by atoms with Crippen molar-refractivity contribution in [2.24, 2.45) is 0 Å². The molecule has 1 aromatic rings. The Kier molecular flexibility index (Phi) is 7.58. The lowest BCUT2D eigenvalue weighted by atomic mass is 9.95. The average Bonchev–Trinajstić information content (AvgIpc) is 3.03. The van der Waals surface area contributed by atoms with E-state index >= 15 is 0 Å². The van der Waals surface area contributed by atoms with E-state index in [0.717, 1.165) is 0 Å². The summed E-state index contributed by atoms with van der Waals surface area (Å²) < 4.78 is -0.703. The minimum atomic E-state index is -1.08. The smallest absolute Gasteiger partial charge is 0.327 e. The Morgan fingerprint density at radius 2 is 1.94 bits per heavy atom. The highest BCUT2D eigenvalue weighted by Gasteiger charge is 2.64. The third kappa shape index (κ3) is 5.27. The van der Waals surface area contributed by atoms with E-state index in [-0.39, 0.29) is 12.4 Å². The molecule has 0 spiro atoms. The van der Waals surface area contributed by atoms with Gasteiger partial charge in [0.15, 0.2) is 0 Å². The number of carboxylic acids is 1. The molecule has 0 radical (unpaired) electrons. The SMILES string of the molecule is CSCC(=N)NCC(=O)NC(C(=O)NC1C(=O)N2[C@@H]1SC(C)(C)[C@@H]2C(=O)O)c1ccccc1. The fourth-order valence-corrected chi connectivity index (χ4v) is 5.94. The first-order chi connectivity index (χ1) is 15.6. The molecule has 2 aliphatic rings. The quantitative estimate of drug-likeness (QED) is 0.188. The number of nitrogens with zero attached hydrogens (tertiary/aromatic N) is 1. The van der Waals surface area contributed by atoms with Crippen LogP contribution < -0.4 is 16.0 Å². The van der Waals surface area contributed by atoms with Crippen molar-refractivity contribution in [3.05, 3.63) is 35.9 Å². The number of benzene rings is 1. The molecule has 12 heteroatoms. The van der Waals surface area contributed by atoms with Gasteiger partial charge in [-0.3, -0.25) is 19.8 Å². The van der Waals surface area contributed by atoms with Gasteiger partial charge in [0.05, 0.1) is 12.3 Å². The summed E-state index contributed by atoms with van der Waals surface area (Å²) in [5.41, 5.74) is 0.536. The minimum absolute atomic E-state index is 0.168. The molecule has 0 aliphatic carbocycles. The summed E-state index contributed by atoms with van der Waals surface area (Å²) in [5, 5.41) is 24.9. The number of rotatable bonds is 9. The van der Waals surface area contributed by atoms with E-state index in [9.17, 15) is 24.3 Å². The van der Waals surface area contributed by atoms with Crippen LogP contribution in [0.5, 0.6) is 0 Å². The zero-order chi connectivity index (χ0) is 24.3. The molecule has 10 nitrogen and oxygen atoms in total. The molecule has 33 heavy (non-hydrogen) atoms. The second-order valence-corrected chi connectivity index (χ2v) is 10.9. The first kappa shape index (κ1) is 24.9. The molecule has 3 amide bonds. The van der Waals surface area contributed by atoms with E-state index in [1.54, 1.807) is 44.2 Å². The Balaban J connectivity index is 1.70. The maximum Gasteiger partial charge on any atom is 0.327 e. The monoisotopic (exact) mass is 493 g/mol. The Morgan fingerprint density at radius 3 is 2.55 bits per heavy atom. The highest BCUT2D eigenvalue weighted by atomic mass is 32.2. The van der Waals surface area contributed by atoms with Crippen LogP contribution >= 0.6 is 23.5 Å². The van der Waals surface area contributed by atoms with E-state index in [4.69, 9.17) is 5.41 Å². The molecule has 0 aromatic heterocycles. The summed E-state index contributed by atoms with van der Waals surface area (Å²) in [6, 6.07) is 5.73. The molecular weight excluding hydrogens is 466 g/mol. The fourth-order valence-electron chi connectivity index (χ4n) is 3.92. The summed E-state index contributed by atoms with van der Waals surface area (Å²) in [5.74, 6) is -1.95. The number of hydrogen-bond acceptors (Lipinski definition) is 7. The van der Waals surface area contributed by atoms with E-state index in [1.807, 2.05) is 6.26 Å². The Bertz CT molecular complexity index is 958. The van der Waals surface area contributed by atoms with Crippen LogP contribution in [0.1, 0.15) is 25.5 Å². The molecule has 3 rings (SSSR count). The molecule has 4 atom stereocenters. The summed E-state index contributed by atoms with van der Waals surface area (Å²) in [4.78, 5) is 51.3. The first-order valence-electron chi connectivity index (χ1n) is 10.2. The molecule has 5 N–H and O–H groups in total. The molecule has 0 saturated carbocycles. The molecule has 2 aliphatic heterocycles. The number of nitrogens with one attached hydrogen (secondary N) is 4. The van der Waals surface area contributed by atoms with Gasteiger partial charge in [-0.1, -0.05) is 30.3 Å². The predicted octanol–water partition coefficient (Wildman–Crippen LogP) is 0.405. The maximum atomic E-state index is 13.1. The van der Waals surface area contributed by atoms with Gasteiger partial charge in [0.2, 0.25) is 17.7 Å². The minimum Gasteiger partial charge on any atom is -0.480 e. The number of carbonyl (C=O) groups is 4. The summed E-state index contributed by atoms with van der Waals surface area (Å²) >= 11 is 2.78. The van der Waals surface area contributed by atoms with E-state index in [1.165, 1.54) is 28.4 Å². The first-order valence-corrected chi connectivity index (χ1v) is 12.5. The van der Waals surface area contributed by atoms with Crippen molar-refractivity contribution >= 4 is 53.1 Å². The van der Waals surface area contributed by atoms with Crippen LogP contribution in [0, 0.1) is 5.41 Å². The number of thioether (sulfide) groups is 2. The lowest BCUT2D eigenvalue weighted by Crippen LogP contribution is -2.71. The zero-order valence-corrected chi connectivity index (χ0v) is 20.1. The van der Waals surface area contributed by atoms with E-state index < -0.39 is 51.9 Å². The van der Waals surface area contributed by atoms with Gasteiger partial charge in [-0.2, -0.15) is 11.8 Å². The second kappa shape index (κ2) is 10.0. The number of hydrogen-bond donors (Lipinski definition) is 5. The topological polar surface area (TPSA) is 152 Å². The van der Waals surface area contributed by atoms with E-state index in [2.05, 4.69) is 16.0 Å². The summed E-state index contributed by atoms with van der Waals surface area (Å²) in [7, 11) is 0. The molecule has 2 heterocycles. The zero-order valence-electron chi connectivity index (χ0n) is 18.5. The summed E-state index contributed by atoms with van der Waals surface area (Å²) in [6.45, 7) is 3.35. The number of aliphatic carboxylic acids is 1. The largest absolute Gasteiger partial charge is 0.480 e. The van der Waals surface area contributed by atoms with Crippen LogP contribution in [0.2, 0.25) is 0 Å². The molecule has 1 aromatic carbocycles. The van der Waals surface area contributed by atoms with Crippen LogP contribution in [0.3, 0.4) is 0 Å². The maximum absolute atomic E-state index is 13.1. The van der Waals surface area contributed by atoms with Crippen molar-refractivity contribution in [1.29, 1.82) is 5.41 Å². The van der Waals surface area contributed by atoms with Crippen molar-refractivity contribution in [3.63, 3.8) is 0 Å². The molecule has 2 saturated heterocycles. The van der Waals surface area contributed by atoms with Crippen LogP contribution in [0.4, 0.5) is 0 Å². The van der Waals surface area contributed by atoms with Gasteiger partial charge in [0.1, 0.15) is 29.3 Å². The molecule has 0 bridgehead atoms. The Hall–Kier alpha value is -2.73. The number of fused-ring (bicyclic) bond motifs is 1. The van der Waals surface area contributed by atoms with Crippen molar-refractivity contribution < 1.29 is 24.3 Å². The normalized spacial score (nSPS) is 23.7. The molecule has 2 fully saturated rings. The number of carbonyl (C=O) groups excluding carboxylic acids is 3. The third-order valence-corrected chi connectivity index (χ3v) is 7.57.